The zero-order chi connectivity index (χ0) is 12.4. The lowest BCUT2D eigenvalue weighted by Gasteiger charge is -2.12. The maximum Gasteiger partial charge on any atom is 0.263 e. The first-order chi connectivity index (χ1) is 8.09. The van der Waals surface area contributed by atoms with Crippen LogP contribution in [0.2, 0.25) is 0 Å². The molecular weight excluding hydrogens is 214 g/mol. The fraction of sp³-hybridized carbons (Fsp3) is 0.231. The Bertz CT molecular complexity index is 526. The van der Waals surface area contributed by atoms with E-state index in [2.05, 4.69) is 4.98 Å². The molecule has 0 aliphatic rings. The summed E-state index contributed by atoms with van der Waals surface area (Å²) in [4.78, 5) is 18.2. The van der Waals surface area contributed by atoms with Gasteiger partial charge in [0.15, 0.2) is 0 Å². The van der Waals surface area contributed by atoms with Gasteiger partial charge >= 0.3 is 0 Å². The second kappa shape index (κ2) is 4.41. The van der Waals surface area contributed by atoms with Crippen LogP contribution in [-0.2, 0) is 0 Å². The molecular formula is C13H15N3O. The minimum atomic E-state index is -0.0506. The van der Waals surface area contributed by atoms with Crippen molar-refractivity contribution < 1.29 is 4.79 Å². The maximum absolute atomic E-state index is 12.1. The van der Waals surface area contributed by atoms with E-state index in [1.165, 1.54) is 0 Å². The van der Waals surface area contributed by atoms with Gasteiger partial charge in [-0.3, -0.25) is 9.36 Å². The third-order valence-corrected chi connectivity index (χ3v) is 2.68. The molecule has 0 N–H and O–H groups in total. The van der Waals surface area contributed by atoms with Gasteiger partial charge in [0.25, 0.3) is 5.91 Å². The van der Waals surface area contributed by atoms with Gasteiger partial charge in [-0.2, -0.15) is 0 Å². The van der Waals surface area contributed by atoms with Crippen LogP contribution in [0.3, 0.4) is 0 Å². The predicted molar refractivity (Wildman–Crippen MR) is 67.5 cm³/mol. The summed E-state index contributed by atoms with van der Waals surface area (Å²) in [5.41, 5.74) is 1.74. The number of rotatable bonds is 2. The number of aromatic nitrogens is 2. The number of anilines is 1. The average Bonchev–Trinajstić information content (AvgIpc) is 2.74. The van der Waals surface area contributed by atoms with E-state index in [1.807, 2.05) is 50.2 Å². The SMILES string of the molecule is Cc1nccn1C(=O)c1ccc(N(C)C)cc1. The first-order valence-corrected chi connectivity index (χ1v) is 5.41. The van der Waals surface area contributed by atoms with Gasteiger partial charge in [-0.25, -0.2) is 4.98 Å². The van der Waals surface area contributed by atoms with E-state index in [9.17, 15) is 4.79 Å². The Morgan fingerprint density at radius 1 is 1.24 bits per heavy atom. The summed E-state index contributed by atoms with van der Waals surface area (Å²) in [5, 5.41) is 0. The fourth-order valence-electron chi connectivity index (χ4n) is 1.63. The Morgan fingerprint density at radius 3 is 2.35 bits per heavy atom. The molecule has 0 aliphatic carbocycles. The summed E-state index contributed by atoms with van der Waals surface area (Å²) in [6.45, 7) is 1.81. The Morgan fingerprint density at radius 2 is 1.88 bits per heavy atom. The molecule has 88 valence electrons. The van der Waals surface area contributed by atoms with Gasteiger partial charge in [-0.15, -0.1) is 0 Å². The first-order valence-electron chi connectivity index (χ1n) is 5.41. The van der Waals surface area contributed by atoms with Crippen molar-refractivity contribution in [3.05, 3.63) is 48.0 Å². The van der Waals surface area contributed by atoms with Crippen molar-refractivity contribution in [3.8, 4) is 0 Å². The van der Waals surface area contributed by atoms with Gasteiger partial charge in [0.05, 0.1) is 0 Å². The van der Waals surface area contributed by atoms with Crippen LogP contribution in [-0.4, -0.2) is 29.6 Å². The van der Waals surface area contributed by atoms with E-state index < -0.39 is 0 Å². The van der Waals surface area contributed by atoms with Gasteiger partial charge in [0.2, 0.25) is 0 Å². The van der Waals surface area contributed by atoms with Crippen LogP contribution in [0.5, 0.6) is 0 Å². The quantitative estimate of drug-likeness (QED) is 0.790. The molecule has 1 aromatic heterocycles. The molecule has 2 aromatic rings. The maximum atomic E-state index is 12.1. The number of hydrogen-bond acceptors (Lipinski definition) is 3. The Labute approximate surface area is 101 Å². The number of benzene rings is 1. The van der Waals surface area contributed by atoms with Crippen molar-refractivity contribution in [2.45, 2.75) is 6.92 Å². The van der Waals surface area contributed by atoms with E-state index in [0.29, 0.717) is 11.4 Å². The lowest BCUT2D eigenvalue weighted by Crippen LogP contribution is -2.13. The molecule has 2 rings (SSSR count). The van der Waals surface area contributed by atoms with Crippen LogP contribution in [0.25, 0.3) is 0 Å². The van der Waals surface area contributed by atoms with Crippen molar-refractivity contribution in [2.24, 2.45) is 0 Å². The number of carbonyl (C=O) groups excluding carboxylic acids is 1. The number of imidazole rings is 1. The molecule has 0 aliphatic heterocycles. The lowest BCUT2D eigenvalue weighted by molar-refractivity contribution is 0.0957. The molecule has 0 atom stereocenters. The van der Waals surface area contributed by atoms with E-state index in [4.69, 9.17) is 0 Å². The minimum absolute atomic E-state index is 0.0506. The monoisotopic (exact) mass is 229 g/mol. The highest BCUT2D eigenvalue weighted by atomic mass is 16.2. The third kappa shape index (κ3) is 2.20. The van der Waals surface area contributed by atoms with Crippen LogP contribution < -0.4 is 4.90 Å². The summed E-state index contributed by atoms with van der Waals surface area (Å²) in [6.07, 6.45) is 3.30. The van der Waals surface area contributed by atoms with Gasteiger partial charge in [-0.1, -0.05) is 0 Å². The van der Waals surface area contributed by atoms with Gasteiger partial charge in [0, 0.05) is 37.7 Å². The molecule has 4 heteroatoms. The Kier molecular flexibility index (Phi) is 2.95. The Balaban J connectivity index is 2.29. The molecule has 17 heavy (non-hydrogen) atoms. The van der Waals surface area contributed by atoms with Gasteiger partial charge < -0.3 is 4.90 Å². The predicted octanol–water partition coefficient (Wildman–Crippen LogP) is 1.95. The molecule has 0 spiro atoms. The number of hydrogen-bond donors (Lipinski definition) is 0. The highest BCUT2D eigenvalue weighted by molar-refractivity contribution is 5.96. The third-order valence-electron chi connectivity index (χ3n) is 2.68. The largest absolute Gasteiger partial charge is 0.378 e. The Hall–Kier alpha value is -2.10. The highest BCUT2D eigenvalue weighted by Gasteiger charge is 2.10. The average molecular weight is 229 g/mol. The number of aryl methyl sites for hydroxylation is 1. The number of carbonyl (C=O) groups is 1. The summed E-state index contributed by atoms with van der Waals surface area (Å²) in [6, 6.07) is 7.52. The molecule has 0 fully saturated rings. The van der Waals surface area contributed by atoms with Gasteiger partial charge in [0.1, 0.15) is 5.82 Å². The lowest BCUT2D eigenvalue weighted by atomic mass is 10.2. The van der Waals surface area contributed by atoms with Crippen LogP contribution >= 0.6 is 0 Å². The summed E-state index contributed by atoms with van der Waals surface area (Å²) in [5.74, 6) is 0.650. The molecule has 1 aromatic carbocycles. The molecule has 0 bridgehead atoms. The molecule has 4 nitrogen and oxygen atoms in total. The van der Waals surface area contributed by atoms with Crippen molar-refractivity contribution in [3.63, 3.8) is 0 Å². The number of nitrogens with zero attached hydrogens (tertiary/aromatic N) is 3. The fourth-order valence-corrected chi connectivity index (χ4v) is 1.63. The second-order valence-electron chi connectivity index (χ2n) is 4.09. The van der Waals surface area contributed by atoms with Crippen molar-refractivity contribution in [2.75, 3.05) is 19.0 Å². The van der Waals surface area contributed by atoms with Gasteiger partial charge in [-0.05, 0) is 31.2 Å². The van der Waals surface area contributed by atoms with E-state index in [0.717, 1.165) is 5.69 Å². The zero-order valence-electron chi connectivity index (χ0n) is 10.2. The second-order valence-corrected chi connectivity index (χ2v) is 4.09. The summed E-state index contributed by atoms with van der Waals surface area (Å²) < 4.78 is 1.55. The molecule has 0 unspecified atom stereocenters. The van der Waals surface area contributed by atoms with Crippen molar-refractivity contribution in [1.82, 2.24) is 9.55 Å². The topological polar surface area (TPSA) is 38.1 Å². The van der Waals surface area contributed by atoms with Crippen LogP contribution in [0.1, 0.15) is 16.2 Å². The minimum Gasteiger partial charge on any atom is -0.378 e. The summed E-state index contributed by atoms with van der Waals surface area (Å²) >= 11 is 0. The molecule has 0 amide bonds. The summed E-state index contributed by atoms with van der Waals surface area (Å²) in [7, 11) is 3.94. The highest BCUT2D eigenvalue weighted by Crippen LogP contribution is 2.13. The van der Waals surface area contributed by atoms with E-state index in [1.54, 1.807) is 17.0 Å². The standard InChI is InChI=1S/C13H15N3O/c1-10-14-8-9-16(10)13(17)11-4-6-12(7-5-11)15(2)3/h4-9H,1-3H3. The van der Waals surface area contributed by atoms with Crippen LogP contribution in [0.15, 0.2) is 36.7 Å². The van der Waals surface area contributed by atoms with Crippen LogP contribution in [0, 0.1) is 6.92 Å². The van der Waals surface area contributed by atoms with Crippen LogP contribution in [0.4, 0.5) is 5.69 Å². The van der Waals surface area contributed by atoms with Crippen molar-refractivity contribution in [1.29, 1.82) is 0 Å². The zero-order valence-corrected chi connectivity index (χ0v) is 10.2. The molecule has 0 saturated heterocycles. The molecule has 1 heterocycles. The normalized spacial score (nSPS) is 10.3. The van der Waals surface area contributed by atoms with E-state index >= 15 is 0 Å². The first kappa shape index (κ1) is 11.4. The van der Waals surface area contributed by atoms with Crippen molar-refractivity contribution >= 4 is 11.6 Å². The molecule has 0 radical (unpaired) electrons. The smallest absolute Gasteiger partial charge is 0.263 e. The van der Waals surface area contributed by atoms with E-state index in [-0.39, 0.29) is 5.91 Å². The molecule has 0 saturated carbocycles.